The number of nitrogens with zero attached hydrogens (tertiary/aromatic N) is 6. The fourth-order valence-corrected chi connectivity index (χ4v) is 5.25. The van der Waals surface area contributed by atoms with Crippen molar-refractivity contribution in [1.82, 2.24) is 15.0 Å². The molecule has 5 heterocycles. The Kier molecular flexibility index (Phi) is 4.89. The third-order valence-electron chi connectivity index (χ3n) is 7.31. The van der Waals surface area contributed by atoms with Gasteiger partial charge in [0, 0.05) is 37.1 Å². The Morgan fingerprint density at radius 1 is 0.939 bits per heavy atom. The van der Waals surface area contributed by atoms with Crippen molar-refractivity contribution in [2.24, 2.45) is 10.4 Å². The van der Waals surface area contributed by atoms with E-state index in [0.29, 0.717) is 12.0 Å². The molecule has 0 unspecified atom stereocenters. The average Bonchev–Trinajstić information content (AvgIpc) is 3.27. The van der Waals surface area contributed by atoms with E-state index in [1.807, 2.05) is 18.5 Å². The smallest absolute Gasteiger partial charge is 0.156 e. The highest BCUT2D eigenvalue weighted by molar-refractivity contribution is 6.11. The summed E-state index contributed by atoms with van der Waals surface area (Å²) in [6.07, 6.45) is 8.33. The van der Waals surface area contributed by atoms with E-state index in [2.05, 4.69) is 59.0 Å². The molecule has 0 amide bonds. The molecule has 1 saturated heterocycles. The highest BCUT2D eigenvalue weighted by atomic mass is 15.2. The number of hydrogen-bond donors (Lipinski definition) is 0. The Hall–Kier alpha value is -3.28. The summed E-state index contributed by atoms with van der Waals surface area (Å²) in [5.74, 6) is 1.96. The Morgan fingerprint density at radius 2 is 1.82 bits per heavy atom. The van der Waals surface area contributed by atoms with E-state index >= 15 is 0 Å². The molecule has 3 aromatic rings. The van der Waals surface area contributed by atoms with E-state index in [4.69, 9.17) is 15.0 Å². The van der Waals surface area contributed by atoms with Crippen LogP contribution in [0.15, 0.2) is 53.8 Å². The summed E-state index contributed by atoms with van der Waals surface area (Å²) < 4.78 is 0. The lowest BCUT2D eigenvalue weighted by Crippen LogP contribution is -2.38. The molecule has 6 heteroatoms. The number of hydrogen-bond acceptors (Lipinski definition) is 6. The normalized spacial score (nSPS) is 19.2. The first-order valence-electron chi connectivity index (χ1n) is 12.1. The number of aromatic nitrogens is 3. The van der Waals surface area contributed by atoms with Crippen molar-refractivity contribution in [2.75, 3.05) is 29.4 Å². The predicted molar refractivity (Wildman–Crippen MR) is 133 cm³/mol. The molecular weight excluding hydrogens is 408 g/mol. The molecule has 0 saturated carbocycles. The molecule has 0 bridgehead atoms. The molecule has 168 valence electrons. The number of aliphatic imine (C=N–C) groups is 1. The van der Waals surface area contributed by atoms with Crippen LogP contribution in [0.25, 0.3) is 11.3 Å². The van der Waals surface area contributed by atoms with E-state index < -0.39 is 0 Å². The summed E-state index contributed by atoms with van der Waals surface area (Å²) in [7, 11) is 0. The van der Waals surface area contributed by atoms with Crippen molar-refractivity contribution >= 4 is 17.3 Å². The van der Waals surface area contributed by atoms with Crippen molar-refractivity contribution < 1.29 is 0 Å². The highest BCUT2D eigenvalue weighted by Crippen LogP contribution is 2.37. The van der Waals surface area contributed by atoms with Gasteiger partial charge in [0.25, 0.3) is 0 Å². The first-order chi connectivity index (χ1) is 16.1. The predicted octanol–water partition coefficient (Wildman–Crippen LogP) is 4.88. The molecule has 1 aromatic carbocycles. The van der Waals surface area contributed by atoms with Gasteiger partial charge in [-0.15, -0.1) is 0 Å². The maximum absolute atomic E-state index is 5.00. The fraction of sp³-hybridized carbons (Fsp3) is 0.407. The molecule has 6 rings (SSSR count). The van der Waals surface area contributed by atoms with Gasteiger partial charge in [0.1, 0.15) is 11.5 Å². The van der Waals surface area contributed by atoms with E-state index in [1.54, 1.807) is 0 Å². The molecule has 2 aromatic heterocycles. The minimum atomic E-state index is 0.423. The van der Waals surface area contributed by atoms with Crippen LogP contribution in [0.3, 0.4) is 0 Å². The second kappa shape index (κ2) is 7.94. The summed E-state index contributed by atoms with van der Waals surface area (Å²) in [4.78, 5) is 24.1. The van der Waals surface area contributed by atoms with Crippen LogP contribution < -0.4 is 9.80 Å². The maximum atomic E-state index is 5.00. The molecule has 0 N–H and O–H groups in total. The maximum Gasteiger partial charge on any atom is 0.156 e. The Labute approximate surface area is 195 Å². The highest BCUT2D eigenvalue weighted by Gasteiger charge is 2.31. The summed E-state index contributed by atoms with van der Waals surface area (Å²) in [5.41, 5.74) is 7.17. The molecule has 0 spiro atoms. The lowest BCUT2D eigenvalue weighted by molar-refractivity contribution is 0.279. The average molecular weight is 439 g/mol. The summed E-state index contributed by atoms with van der Waals surface area (Å²) >= 11 is 0. The van der Waals surface area contributed by atoms with Crippen LogP contribution in [-0.4, -0.2) is 40.4 Å². The lowest BCUT2D eigenvalue weighted by Gasteiger charge is -2.37. The molecular formula is C27H30N6. The summed E-state index contributed by atoms with van der Waals surface area (Å²) in [5, 5.41) is 0. The molecule has 6 nitrogen and oxygen atoms in total. The minimum absolute atomic E-state index is 0.423. The molecule has 3 aliphatic heterocycles. The Bertz CT molecular complexity index is 1210. The fourth-order valence-electron chi connectivity index (χ4n) is 5.25. The number of amidine groups is 1. The molecule has 3 aliphatic rings. The largest absolute Gasteiger partial charge is 0.355 e. The van der Waals surface area contributed by atoms with Crippen molar-refractivity contribution in [3.63, 3.8) is 0 Å². The summed E-state index contributed by atoms with van der Waals surface area (Å²) in [6.45, 7) is 8.36. The van der Waals surface area contributed by atoms with Crippen LogP contribution in [0.1, 0.15) is 50.1 Å². The van der Waals surface area contributed by atoms with Crippen LogP contribution in [-0.2, 0) is 13.0 Å². The molecule has 1 fully saturated rings. The summed E-state index contributed by atoms with van der Waals surface area (Å²) in [6, 6.07) is 12.6. The van der Waals surface area contributed by atoms with Gasteiger partial charge < -0.3 is 9.80 Å². The van der Waals surface area contributed by atoms with Gasteiger partial charge in [0.05, 0.1) is 24.1 Å². The van der Waals surface area contributed by atoms with Crippen molar-refractivity contribution in [1.29, 1.82) is 0 Å². The van der Waals surface area contributed by atoms with Gasteiger partial charge in [-0.2, -0.15) is 0 Å². The number of pyridine rings is 1. The van der Waals surface area contributed by atoms with Gasteiger partial charge in [-0.1, -0.05) is 32.0 Å². The van der Waals surface area contributed by atoms with E-state index in [-0.39, 0.29) is 0 Å². The van der Waals surface area contributed by atoms with Gasteiger partial charge in [0.15, 0.2) is 5.84 Å². The molecule has 0 aliphatic carbocycles. The number of piperidine rings is 1. The van der Waals surface area contributed by atoms with E-state index in [9.17, 15) is 0 Å². The van der Waals surface area contributed by atoms with Crippen molar-refractivity contribution in [3.05, 3.63) is 65.7 Å². The van der Waals surface area contributed by atoms with Crippen LogP contribution in [0.4, 0.5) is 11.5 Å². The zero-order chi connectivity index (χ0) is 22.4. The molecule has 33 heavy (non-hydrogen) atoms. The van der Waals surface area contributed by atoms with Gasteiger partial charge in [-0.05, 0) is 54.9 Å². The van der Waals surface area contributed by atoms with Crippen molar-refractivity contribution in [3.8, 4) is 11.3 Å². The van der Waals surface area contributed by atoms with Crippen molar-refractivity contribution in [2.45, 2.75) is 46.1 Å². The lowest BCUT2D eigenvalue weighted by atomic mass is 9.83. The van der Waals surface area contributed by atoms with Gasteiger partial charge in [-0.25, -0.2) is 9.97 Å². The zero-order valence-electron chi connectivity index (χ0n) is 19.5. The molecule has 0 radical (unpaired) electrons. The first-order valence-corrected chi connectivity index (χ1v) is 12.1. The number of benzene rings is 1. The number of fused-ring (bicyclic) bond motifs is 2. The van der Waals surface area contributed by atoms with Crippen LogP contribution in [0.2, 0.25) is 0 Å². The second-order valence-corrected chi connectivity index (χ2v) is 10.1. The van der Waals surface area contributed by atoms with Gasteiger partial charge >= 0.3 is 0 Å². The Balaban J connectivity index is 1.30. The number of rotatable bonds is 2. The number of anilines is 2. The van der Waals surface area contributed by atoms with Crippen LogP contribution >= 0.6 is 0 Å². The SMILES string of the molecule is CC1(C)CCN(c2cnc3c(n2)CN=C3N2CCCc3c(-c4ccccn4)cccc32)CC1. The van der Waals surface area contributed by atoms with Gasteiger partial charge in [0.2, 0.25) is 0 Å². The van der Waals surface area contributed by atoms with E-state index in [1.165, 1.54) is 29.7 Å². The Morgan fingerprint density at radius 3 is 2.64 bits per heavy atom. The van der Waals surface area contributed by atoms with Crippen LogP contribution in [0.5, 0.6) is 0 Å². The zero-order valence-corrected chi connectivity index (χ0v) is 19.5. The standard InChI is InChI=1S/C27H30N6/c1-27(2)11-15-32(16-12-27)24-18-29-25-22(31-24)17-30-26(25)33-14-6-8-20-19(7-5-10-23(20)33)21-9-3-4-13-28-21/h3-5,7,9-10,13,18H,6,8,11-12,14-17H2,1-2H3. The minimum Gasteiger partial charge on any atom is -0.355 e. The third-order valence-corrected chi connectivity index (χ3v) is 7.31. The topological polar surface area (TPSA) is 57.5 Å². The van der Waals surface area contributed by atoms with Crippen LogP contribution in [0, 0.1) is 5.41 Å². The second-order valence-electron chi connectivity index (χ2n) is 10.1. The third kappa shape index (κ3) is 3.67. The van der Waals surface area contributed by atoms with Gasteiger partial charge in [-0.3, -0.25) is 9.98 Å². The quantitative estimate of drug-likeness (QED) is 0.571. The monoisotopic (exact) mass is 438 g/mol. The van der Waals surface area contributed by atoms with E-state index in [0.717, 1.165) is 61.2 Å². The first kappa shape index (κ1) is 20.3. The molecule has 0 atom stereocenters.